The first kappa shape index (κ1) is 17.5. The maximum Gasteiger partial charge on any atom is 0.266 e. The highest BCUT2D eigenvalue weighted by Crippen LogP contribution is 2.16. The summed E-state index contributed by atoms with van der Waals surface area (Å²) in [6.45, 7) is 5.48. The van der Waals surface area contributed by atoms with E-state index in [0.717, 1.165) is 11.1 Å². The highest BCUT2D eigenvalue weighted by atomic mass is 16.1. The molecule has 124 valence electrons. The van der Waals surface area contributed by atoms with E-state index in [-0.39, 0.29) is 23.1 Å². The van der Waals surface area contributed by atoms with Crippen molar-refractivity contribution in [3.8, 4) is 6.07 Å². The third kappa shape index (κ3) is 3.90. The molecule has 0 aliphatic carbocycles. The van der Waals surface area contributed by atoms with E-state index in [4.69, 9.17) is 5.26 Å². The molecule has 2 aromatic rings. The lowest BCUT2D eigenvalue weighted by molar-refractivity contribution is -0.121. The van der Waals surface area contributed by atoms with Crippen molar-refractivity contribution in [1.29, 1.82) is 5.26 Å². The van der Waals surface area contributed by atoms with Crippen LogP contribution in [0.4, 0.5) is 0 Å². The number of rotatable bonds is 5. The Labute approximate surface area is 141 Å². The van der Waals surface area contributed by atoms with Gasteiger partial charge in [0, 0.05) is 12.1 Å². The number of pyridine rings is 1. The molecule has 1 aromatic heterocycles. The Hall–Kier alpha value is -2.87. The Morgan fingerprint density at radius 3 is 2.58 bits per heavy atom. The van der Waals surface area contributed by atoms with Gasteiger partial charge in [-0.15, -0.1) is 0 Å². The number of nitrogens with zero attached hydrogens (tertiary/aromatic N) is 1. The highest BCUT2D eigenvalue weighted by Gasteiger charge is 2.14. The summed E-state index contributed by atoms with van der Waals surface area (Å²) in [6.07, 6.45) is 0.784. The molecule has 0 spiro atoms. The van der Waals surface area contributed by atoms with Crippen LogP contribution in [0.3, 0.4) is 0 Å². The molecule has 0 bridgehead atoms. The molecule has 5 heteroatoms. The molecule has 5 nitrogen and oxygen atoms in total. The molecule has 0 aliphatic heterocycles. The van der Waals surface area contributed by atoms with Gasteiger partial charge >= 0.3 is 0 Å². The molecule has 24 heavy (non-hydrogen) atoms. The molecule has 1 amide bonds. The van der Waals surface area contributed by atoms with E-state index in [2.05, 4.69) is 10.3 Å². The Bertz CT molecular complexity index is 832. The zero-order valence-corrected chi connectivity index (χ0v) is 14.1. The second-order valence-electron chi connectivity index (χ2n) is 5.87. The second kappa shape index (κ2) is 7.60. The van der Waals surface area contributed by atoms with Crippen LogP contribution in [0.25, 0.3) is 0 Å². The summed E-state index contributed by atoms with van der Waals surface area (Å²) in [5.74, 6) is -0.0603. The number of aromatic amines is 1. The number of nitriles is 1. The topological polar surface area (TPSA) is 85.8 Å². The quantitative estimate of drug-likeness (QED) is 0.887. The summed E-state index contributed by atoms with van der Waals surface area (Å²) in [6, 6.07) is 11.6. The number of nitrogens with one attached hydrogen (secondary N) is 2. The van der Waals surface area contributed by atoms with Crippen molar-refractivity contribution in [1.82, 2.24) is 10.3 Å². The number of aryl methyl sites for hydroxylation is 1. The summed E-state index contributed by atoms with van der Waals surface area (Å²) in [4.78, 5) is 26.6. The lowest BCUT2D eigenvalue weighted by Crippen LogP contribution is -2.27. The second-order valence-corrected chi connectivity index (χ2v) is 5.87. The third-order valence-corrected chi connectivity index (χ3v) is 4.20. The minimum atomic E-state index is -0.376. The van der Waals surface area contributed by atoms with Crippen LogP contribution in [-0.4, -0.2) is 10.9 Å². The van der Waals surface area contributed by atoms with Gasteiger partial charge in [0.25, 0.3) is 5.56 Å². The van der Waals surface area contributed by atoms with Gasteiger partial charge in [-0.2, -0.15) is 5.26 Å². The Balaban J connectivity index is 2.05. The summed E-state index contributed by atoms with van der Waals surface area (Å²) >= 11 is 0. The van der Waals surface area contributed by atoms with E-state index in [9.17, 15) is 9.59 Å². The van der Waals surface area contributed by atoms with Crippen LogP contribution < -0.4 is 10.9 Å². The van der Waals surface area contributed by atoms with Crippen LogP contribution in [0.5, 0.6) is 0 Å². The Kier molecular flexibility index (Phi) is 5.54. The van der Waals surface area contributed by atoms with Crippen LogP contribution in [-0.2, 0) is 11.2 Å². The number of hydrogen-bond acceptors (Lipinski definition) is 3. The molecule has 0 saturated carbocycles. The number of benzene rings is 1. The number of hydrogen-bond donors (Lipinski definition) is 2. The lowest BCUT2D eigenvalue weighted by atomic mass is 9.99. The van der Waals surface area contributed by atoms with E-state index in [1.54, 1.807) is 13.8 Å². The molecule has 1 heterocycles. The average Bonchev–Trinajstić information content (AvgIpc) is 2.55. The van der Waals surface area contributed by atoms with Crippen molar-refractivity contribution in [2.75, 3.05) is 0 Å². The van der Waals surface area contributed by atoms with E-state index >= 15 is 0 Å². The minimum Gasteiger partial charge on any atom is -0.350 e. The molecule has 1 aromatic carbocycles. The van der Waals surface area contributed by atoms with E-state index in [0.29, 0.717) is 24.1 Å². The van der Waals surface area contributed by atoms with Gasteiger partial charge in [0.1, 0.15) is 11.6 Å². The van der Waals surface area contributed by atoms with Gasteiger partial charge in [-0.05, 0) is 43.9 Å². The first-order valence-corrected chi connectivity index (χ1v) is 7.90. The van der Waals surface area contributed by atoms with Crippen molar-refractivity contribution in [2.24, 2.45) is 0 Å². The summed E-state index contributed by atoms with van der Waals surface area (Å²) in [5, 5.41) is 12.1. The molecule has 1 unspecified atom stereocenters. The fourth-order valence-corrected chi connectivity index (χ4v) is 2.80. The van der Waals surface area contributed by atoms with Crippen molar-refractivity contribution in [3.63, 3.8) is 0 Å². The van der Waals surface area contributed by atoms with Gasteiger partial charge < -0.3 is 10.3 Å². The molecular formula is C19H21N3O2. The number of carbonyl (C=O) groups excluding carboxylic acids is 1. The zero-order chi connectivity index (χ0) is 17.7. The van der Waals surface area contributed by atoms with Crippen LogP contribution >= 0.6 is 0 Å². The number of carbonyl (C=O) groups is 1. The van der Waals surface area contributed by atoms with E-state index < -0.39 is 0 Å². The van der Waals surface area contributed by atoms with Crippen LogP contribution in [0.15, 0.2) is 35.1 Å². The Morgan fingerprint density at radius 1 is 1.29 bits per heavy atom. The number of H-pyrrole nitrogens is 1. The minimum absolute atomic E-state index is 0.0603. The molecule has 1 atom stereocenters. The van der Waals surface area contributed by atoms with E-state index in [1.807, 2.05) is 43.3 Å². The van der Waals surface area contributed by atoms with Crippen molar-refractivity contribution in [2.45, 2.75) is 39.7 Å². The largest absolute Gasteiger partial charge is 0.350 e. The van der Waals surface area contributed by atoms with Crippen LogP contribution in [0.2, 0.25) is 0 Å². The number of amides is 1. The van der Waals surface area contributed by atoms with Gasteiger partial charge in [0.15, 0.2) is 0 Å². The van der Waals surface area contributed by atoms with Crippen molar-refractivity contribution in [3.05, 3.63) is 68.6 Å². The number of aromatic nitrogens is 1. The van der Waals surface area contributed by atoms with Gasteiger partial charge in [-0.1, -0.05) is 30.3 Å². The first-order valence-electron chi connectivity index (χ1n) is 7.90. The standard InChI is InChI=1S/C19H21N3O2/c1-12-16(14(3)22-19(24)17(12)11-20)9-10-18(23)21-13(2)15-7-5-4-6-8-15/h4-8,13H,9-10H2,1-3H3,(H,21,23)(H,22,24). The molecule has 2 rings (SSSR count). The first-order chi connectivity index (χ1) is 11.4. The fraction of sp³-hybridized carbons (Fsp3) is 0.316. The maximum absolute atomic E-state index is 12.2. The predicted molar refractivity (Wildman–Crippen MR) is 92.6 cm³/mol. The predicted octanol–water partition coefficient (Wildman–Crippen LogP) is 2.67. The third-order valence-electron chi connectivity index (χ3n) is 4.20. The Morgan fingerprint density at radius 2 is 1.96 bits per heavy atom. The molecule has 0 aliphatic rings. The van der Waals surface area contributed by atoms with Crippen molar-refractivity contribution >= 4 is 5.91 Å². The van der Waals surface area contributed by atoms with Gasteiger partial charge in [-0.3, -0.25) is 9.59 Å². The zero-order valence-electron chi connectivity index (χ0n) is 14.1. The molecule has 0 saturated heterocycles. The van der Waals surface area contributed by atoms with E-state index in [1.165, 1.54) is 0 Å². The van der Waals surface area contributed by atoms with Crippen LogP contribution in [0.1, 0.15) is 47.3 Å². The van der Waals surface area contributed by atoms with Crippen LogP contribution in [0, 0.1) is 25.2 Å². The van der Waals surface area contributed by atoms with Gasteiger partial charge in [-0.25, -0.2) is 0 Å². The normalized spacial score (nSPS) is 11.6. The van der Waals surface area contributed by atoms with Gasteiger partial charge in [0.05, 0.1) is 6.04 Å². The van der Waals surface area contributed by atoms with Gasteiger partial charge in [0.2, 0.25) is 5.91 Å². The fourth-order valence-electron chi connectivity index (χ4n) is 2.80. The monoisotopic (exact) mass is 323 g/mol. The SMILES string of the molecule is Cc1[nH]c(=O)c(C#N)c(C)c1CCC(=O)NC(C)c1ccccc1. The molecule has 0 radical (unpaired) electrons. The smallest absolute Gasteiger partial charge is 0.266 e. The highest BCUT2D eigenvalue weighted by molar-refractivity contribution is 5.76. The molecular weight excluding hydrogens is 302 g/mol. The summed E-state index contributed by atoms with van der Waals surface area (Å²) in [5.41, 5.74) is 3.01. The average molecular weight is 323 g/mol. The van der Waals surface area contributed by atoms with Crippen molar-refractivity contribution < 1.29 is 4.79 Å². The summed E-state index contributed by atoms with van der Waals surface area (Å²) < 4.78 is 0. The molecule has 2 N–H and O–H groups in total. The maximum atomic E-state index is 12.2. The lowest BCUT2D eigenvalue weighted by Gasteiger charge is -2.15. The summed E-state index contributed by atoms with van der Waals surface area (Å²) in [7, 11) is 0. The molecule has 0 fully saturated rings.